The first-order valence-corrected chi connectivity index (χ1v) is 11.6. The molecule has 11 nitrogen and oxygen atoms in total. The van der Waals surface area contributed by atoms with Gasteiger partial charge in [-0.3, -0.25) is 19.2 Å². The summed E-state index contributed by atoms with van der Waals surface area (Å²) in [4.78, 5) is 62.9. The van der Waals surface area contributed by atoms with E-state index in [9.17, 15) is 34.2 Å². The van der Waals surface area contributed by atoms with Crippen LogP contribution in [0.5, 0.6) is 0 Å². The van der Waals surface area contributed by atoms with Crippen LogP contribution in [0.25, 0.3) is 0 Å². The Morgan fingerprint density at radius 3 is 2.29 bits per heavy atom. The van der Waals surface area contributed by atoms with Crippen molar-refractivity contribution < 1.29 is 34.2 Å². The monoisotopic (exact) mass is 490 g/mol. The van der Waals surface area contributed by atoms with E-state index in [1.54, 1.807) is 24.3 Å². The number of likely N-dealkylation sites (tertiary alicyclic amines) is 1. The molecule has 1 aromatic rings. The molecule has 0 saturated carbocycles. The predicted molar refractivity (Wildman–Crippen MR) is 126 cm³/mol. The molecule has 3 amide bonds. The minimum atomic E-state index is -1.42. The molecule has 1 aromatic carbocycles. The highest BCUT2D eigenvalue weighted by atomic mass is 16.4. The van der Waals surface area contributed by atoms with Crippen LogP contribution in [-0.4, -0.2) is 75.5 Å². The van der Waals surface area contributed by atoms with Crippen molar-refractivity contribution in [2.24, 2.45) is 11.7 Å². The molecule has 1 heterocycles. The zero-order valence-corrected chi connectivity index (χ0v) is 20.0. The van der Waals surface area contributed by atoms with Crippen LogP contribution < -0.4 is 16.4 Å². The number of nitrogens with zero attached hydrogens (tertiary/aromatic N) is 1. The Bertz CT molecular complexity index is 922. The summed E-state index contributed by atoms with van der Waals surface area (Å²) < 4.78 is 0. The summed E-state index contributed by atoms with van der Waals surface area (Å²) in [6.45, 7) is 3.84. The van der Waals surface area contributed by atoms with Crippen LogP contribution in [0.4, 0.5) is 0 Å². The van der Waals surface area contributed by atoms with E-state index in [0.29, 0.717) is 12.8 Å². The Labute approximate surface area is 204 Å². The molecule has 192 valence electrons. The number of nitrogens with two attached hydrogens (primary N) is 1. The van der Waals surface area contributed by atoms with Crippen LogP contribution >= 0.6 is 0 Å². The quantitative estimate of drug-likeness (QED) is 0.274. The Hall–Kier alpha value is -3.47. The van der Waals surface area contributed by atoms with Gasteiger partial charge in [0, 0.05) is 6.54 Å². The van der Waals surface area contributed by atoms with Gasteiger partial charge in [-0.1, -0.05) is 44.2 Å². The molecule has 35 heavy (non-hydrogen) atoms. The Morgan fingerprint density at radius 2 is 1.71 bits per heavy atom. The molecule has 1 aliphatic rings. The van der Waals surface area contributed by atoms with Gasteiger partial charge in [0.1, 0.15) is 18.1 Å². The lowest BCUT2D eigenvalue weighted by Crippen LogP contribution is -2.57. The molecule has 1 saturated heterocycles. The SMILES string of the molecule is CC(C)CC(NC(=O)C1CCCN1C(=O)C(CC(=O)O)NC(=O)C(N)Cc1ccccc1)C(=O)O. The van der Waals surface area contributed by atoms with Crippen LogP contribution in [-0.2, 0) is 30.4 Å². The number of carboxylic acids is 2. The van der Waals surface area contributed by atoms with Crippen LogP contribution in [0.3, 0.4) is 0 Å². The number of hydrogen-bond donors (Lipinski definition) is 5. The van der Waals surface area contributed by atoms with Gasteiger partial charge in [0.2, 0.25) is 17.7 Å². The molecule has 0 aliphatic carbocycles. The standard InChI is InChI=1S/C24H34N4O7/c1-14(2)11-18(24(34)35)27-22(32)19-9-6-10-28(19)23(33)17(13-20(29)30)26-21(31)16(25)12-15-7-4-3-5-8-15/h3-5,7-8,14,16-19H,6,9-13,25H2,1-2H3,(H,26,31)(H,27,32)(H,29,30)(H,34,35). The third-order valence-corrected chi connectivity index (χ3v) is 5.79. The van der Waals surface area contributed by atoms with Crippen molar-refractivity contribution in [3.05, 3.63) is 35.9 Å². The van der Waals surface area contributed by atoms with Crippen molar-refractivity contribution in [3.63, 3.8) is 0 Å². The van der Waals surface area contributed by atoms with E-state index in [-0.39, 0.29) is 25.3 Å². The Kier molecular flexibility index (Phi) is 10.2. The maximum atomic E-state index is 13.2. The van der Waals surface area contributed by atoms with Gasteiger partial charge in [-0.25, -0.2) is 4.79 Å². The molecule has 0 spiro atoms. The zero-order valence-electron chi connectivity index (χ0n) is 20.0. The summed E-state index contributed by atoms with van der Waals surface area (Å²) in [5.74, 6) is -4.48. The fraction of sp³-hybridized carbons (Fsp3) is 0.542. The summed E-state index contributed by atoms with van der Waals surface area (Å²) in [6, 6.07) is 4.52. The molecular formula is C24H34N4O7. The summed E-state index contributed by atoms with van der Waals surface area (Å²) in [7, 11) is 0. The van der Waals surface area contributed by atoms with Crippen LogP contribution in [0.1, 0.15) is 45.1 Å². The molecule has 0 bridgehead atoms. The van der Waals surface area contributed by atoms with E-state index >= 15 is 0 Å². The average Bonchev–Trinajstić information content (AvgIpc) is 3.27. The van der Waals surface area contributed by atoms with Crippen molar-refractivity contribution in [3.8, 4) is 0 Å². The normalized spacial score (nSPS) is 17.9. The molecule has 0 radical (unpaired) electrons. The Morgan fingerprint density at radius 1 is 1.06 bits per heavy atom. The number of aliphatic carboxylic acids is 2. The molecule has 1 fully saturated rings. The third-order valence-electron chi connectivity index (χ3n) is 5.79. The zero-order chi connectivity index (χ0) is 26.1. The van der Waals surface area contributed by atoms with Crippen molar-refractivity contribution in [2.45, 2.75) is 70.1 Å². The molecule has 1 aliphatic heterocycles. The predicted octanol–water partition coefficient (Wildman–Crippen LogP) is 0.122. The number of carboxylic acid groups (broad SMARTS) is 2. The molecule has 2 rings (SSSR count). The summed E-state index contributed by atoms with van der Waals surface area (Å²) in [5, 5.41) is 23.6. The van der Waals surface area contributed by atoms with Crippen LogP contribution in [0, 0.1) is 5.92 Å². The molecule has 4 unspecified atom stereocenters. The topological polar surface area (TPSA) is 179 Å². The van der Waals surface area contributed by atoms with Gasteiger partial charge in [-0.15, -0.1) is 0 Å². The van der Waals surface area contributed by atoms with Crippen molar-refractivity contribution in [2.75, 3.05) is 6.54 Å². The molecule has 0 aromatic heterocycles. The molecule has 4 atom stereocenters. The number of hydrogen-bond acceptors (Lipinski definition) is 6. The minimum absolute atomic E-state index is 0.0213. The lowest BCUT2D eigenvalue weighted by molar-refractivity contribution is -0.147. The lowest BCUT2D eigenvalue weighted by atomic mass is 10.0. The van der Waals surface area contributed by atoms with Crippen molar-refractivity contribution >= 4 is 29.7 Å². The van der Waals surface area contributed by atoms with Crippen LogP contribution in [0.2, 0.25) is 0 Å². The van der Waals surface area contributed by atoms with E-state index in [1.165, 1.54) is 4.90 Å². The van der Waals surface area contributed by atoms with E-state index in [0.717, 1.165) is 5.56 Å². The number of rotatable bonds is 12. The highest BCUT2D eigenvalue weighted by Gasteiger charge is 2.39. The van der Waals surface area contributed by atoms with Crippen molar-refractivity contribution in [1.29, 1.82) is 0 Å². The highest BCUT2D eigenvalue weighted by molar-refractivity contribution is 5.96. The first-order valence-electron chi connectivity index (χ1n) is 11.6. The van der Waals surface area contributed by atoms with Gasteiger partial charge >= 0.3 is 11.9 Å². The molecule has 11 heteroatoms. The maximum absolute atomic E-state index is 13.2. The maximum Gasteiger partial charge on any atom is 0.326 e. The second kappa shape index (κ2) is 12.8. The lowest BCUT2D eigenvalue weighted by Gasteiger charge is -2.29. The smallest absolute Gasteiger partial charge is 0.326 e. The second-order valence-corrected chi connectivity index (χ2v) is 9.17. The van der Waals surface area contributed by atoms with E-state index in [4.69, 9.17) is 5.73 Å². The molecule has 6 N–H and O–H groups in total. The second-order valence-electron chi connectivity index (χ2n) is 9.17. The van der Waals surface area contributed by atoms with Gasteiger partial charge in [0.05, 0.1) is 12.5 Å². The largest absolute Gasteiger partial charge is 0.481 e. The fourth-order valence-corrected chi connectivity index (χ4v) is 4.08. The first-order chi connectivity index (χ1) is 16.5. The summed E-state index contributed by atoms with van der Waals surface area (Å²) in [6.07, 6.45) is 0.513. The number of carbonyl (C=O) groups excluding carboxylic acids is 3. The number of benzene rings is 1. The fourth-order valence-electron chi connectivity index (χ4n) is 4.08. The van der Waals surface area contributed by atoms with Gasteiger partial charge < -0.3 is 31.5 Å². The van der Waals surface area contributed by atoms with E-state index in [2.05, 4.69) is 10.6 Å². The van der Waals surface area contributed by atoms with Gasteiger partial charge in [-0.2, -0.15) is 0 Å². The summed E-state index contributed by atoms with van der Waals surface area (Å²) in [5.41, 5.74) is 6.78. The molecular weight excluding hydrogens is 456 g/mol. The van der Waals surface area contributed by atoms with E-state index in [1.807, 2.05) is 19.9 Å². The third kappa shape index (κ3) is 8.36. The number of carbonyl (C=O) groups is 5. The highest BCUT2D eigenvalue weighted by Crippen LogP contribution is 2.20. The average molecular weight is 491 g/mol. The first kappa shape index (κ1) is 27.8. The van der Waals surface area contributed by atoms with Gasteiger partial charge in [0.25, 0.3) is 0 Å². The minimum Gasteiger partial charge on any atom is -0.481 e. The Balaban J connectivity index is 2.10. The van der Waals surface area contributed by atoms with Crippen molar-refractivity contribution in [1.82, 2.24) is 15.5 Å². The van der Waals surface area contributed by atoms with Crippen LogP contribution in [0.15, 0.2) is 30.3 Å². The van der Waals surface area contributed by atoms with E-state index < -0.39 is 60.2 Å². The summed E-state index contributed by atoms with van der Waals surface area (Å²) >= 11 is 0. The van der Waals surface area contributed by atoms with Gasteiger partial charge in [0.15, 0.2) is 0 Å². The number of nitrogens with one attached hydrogen (secondary N) is 2. The van der Waals surface area contributed by atoms with Gasteiger partial charge in [-0.05, 0) is 37.2 Å². The number of amides is 3.